The maximum Gasteiger partial charge on any atom is 0.263 e. The molecule has 28 heavy (non-hydrogen) atoms. The number of likely N-dealkylation sites (N-methyl/N-ethyl adjacent to an activating group) is 1. The van der Waals surface area contributed by atoms with Gasteiger partial charge in [-0.05, 0) is 24.5 Å². The molecule has 1 amide bonds. The van der Waals surface area contributed by atoms with Crippen LogP contribution in [0.2, 0.25) is 0 Å². The summed E-state index contributed by atoms with van der Waals surface area (Å²) in [7, 11) is 1.70. The van der Waals surface area contributed by atoms with Gasteiger partial charge in [0.05, 0.1) is 6.54 Å². The Bertz CT molecular complexity index is 922. The third kappa shape index (κ3) is 4.57. The molecule has 6 heteroatoms. The lowest BCUT2D eigenvalue weighted by molar-refractivity contribution is -0.137. The fraction of sp³-hybridized carbons (Fsp3) is 0.318. The van der Waals surface area contributed by atoms with Gasteiger partial charge in [0.2, 0.25) is 11.7 Å². The van der Waals surface area contributed by atoms with E-state index >= 15 is 0 Å². The van der Waals surface area contributed by atoms with E-state index in [4.69, 9.17) is 9.26 Å². The first-order valence-corrected chi connectivity index (χ1v) is 9.34. The average Bonchev–Trinajstić information content (AvgIpc) is 3.16. The minimum absolute atomic E-state index is 0.155. The number of rotatable bonds is 7. The molecule has 0 N–H and O–H groups in total. The van der Waals surface area contributed by atoms with Gasteiger partial charge >= 0.3 is 0 Å². The Hall–Kier alpha value is -3.15. The zero-order valence-corrected chi connectivity index (χ0v) is 16.6. The van der Waals surface area contributed by atoms with Crippen molar-refractivity contribution in [3.8, 4) is 17.1 Å². The van der Waals surface area contributed by atoms with Crippen molar-refractivity contribution < 1.29 is 14.1 Å². The molecule has 3 rings (SSSR count). The number of hydrogen-bond acceptors (Lipinski definition) is 5. The van der Waals surface area contributed by atoms with E-state index in [1.54, 1.807) is 14.0 Å². The highest BCUT2D eigenvalue weighted by atomic mass is 16.5. The number of amides is 1. The van der Waals surface area contributed by atoms with E-state index in [-0.39, 0.29) is 12.5 Å². The fourth-order valence-electron chi connectivity index (χ4n) is 2.92. The number of para-hydroxylation sites is 1. The highest BCUT2D eigenvalue weighted by Gasteiger charge is 2.22. The number of carbonyl (C=O) groups excluding carboxylic acids is 1. The third-order valence-corrected chi connectivity index (χ3v) is 4.44. The molecule has 0 fully saturated rings. The van der Waals surface area contributed by atoms with Gasteiger partial charge in [-0.25, -0.2) is 0 Å². The van der Waals surface area contributed by atoms with Crippen molar-refractivity contribution in [2.45, 2.75) is 39.3 Å². The lowest BCUT2D eigenvalue weighted by Crippen LogP contribution is -2.37. The van der Waals surface area contributed by atoms with Crippen molar-refractivity contribution >= 4 is 5.91 Å². The molecule has 2 aromatic carbocycles. The third-order valence-electron chi connectivity index (χ3n) is 4.44. The van der Waals surface area contributed by atoms with E-state index in [9.17, 15) is 4.79 Å². The summed E-state index contributed by atoms with van der Waals surface area (Å²) in [6, 6.07) is 17.4. The molecule has 1 aromatic heterocycles. The van der Waals surface area contributed by atoms with Gasteiger partial charge in [-0.1, -0.05) is 67.5 Å². The van der Waals surface area contributed by atoms with E-state index in [2.05, 4.69) is 24.0 Å². The first-order valence-electron chi connectivity index (χ1n) is 9.34. The van der Waals surface area contributed by atoms with Gasteiger partial charge in [0, 0.05) is 12.6 Å². The van der Waals surface area contributed by atoms with Gasteiger partial charge in [-0.3, -0.25) is 4.79 Å². The first-order chi connectivity index (χ1) is 13.5. The van der Waals surface area contributed by atoms with Crippen LogP contribution in [-0.2, 0) is 11.3 Å². The first kappa shape index (κ1) is 19.6. The molecule has 0 unspecified atom stereocenters. The fourth-order valence-corrected chi connectivity index (χ4v) is 2.92. The van der Waals surface area contributed by atoms with Crippen LogP contribution in [0.25, 0.3) is 11.4 Å². The van der Waals surface area contributed by atoms with Gasteiger partial charge in [-0.2, -0.15) is 4.98 Å². The summed E-state index contributed by atoms with van der Waals surface area (Å²) in [5.41, 5.74) is 1.95. The molecular formula is C22H25N3O3. The van der Waals surface area contributed by atoms with Crippen molar-refractivity contribution in [1.29, 1.82) is 0 Å². The average molecular weight is 379 g/mol. The van der Waals surface area contributed by atoms with E-state index < -0.39 is 6.10 Å². The van der Waals surface area contributed by atoms with Crippen molar-refractivity contribution in [1.82, 2.24) is 15.0 Å². The van der Waals surface area contributed by atoms with Crippen LogP contribution in [0.15, 0.2) is 59.1 Å². The molecule has 0 aliphatic heterocycles. The van der Waals surface area contributed by atoms with E-state index in [1.807, 2.05) is 54.6 Å². The van der Waals surface area contributed by atoms with Gasteiger partial charge in [0.1, 0.15) is 5.75 Å². The van der Waals surface area contributed by atoms with Crippen LogP contribution in [0.4, 0.5) is 0 Å². The zero-order valence-electron chi connectivity index (χ0n) is 16.6. The second-order valence-electron chi connectivity index (χ2n) is 7.02. The zero-order chi connectivity index (χ0) is 20.1. The number of ether oxygens (including phenoxy) is 1. The number of aromatic nitrogens is 2. The normalized spacial score (nSPS) is 12.0. The van der Waals surface area contributed by atoms with E-state index in [0.717, 1.165) is 16.9 Å². The van der Waals surface area contributed by atoms with Crippen LogP contribution in [0.3, 0.4) is 0 Å². The Morgan fingerprint density at radius 2 is 1.75 bits per heavy atom. The Labute approximate surface area is 165 Å². The van der Waals surface area contributed by atoms with Gasteiger partial charge < -0.3 is 14.2 Å². The summed E-state index contributed by atoms with van der Waals surface area (Å²) in [4.78, 5) is 18.6. The molecule has 3 aromatic rings. The van der Waals surface area contributed by atoms with Crippen molar-refractivity contribution in [3.63, 3.8) is 0 Å². The predicted octanol–water partition coefficient (Wildman–Crippen LogP) is 4.29. The number of carbonyl (C=O) groups is 1. The molecule has 0 radical (unpaired) electrons. The topological polar surface area (TPSA) is 68.5 Å². The van der Waals surface area contributed by atoms with Crippen molar-refractivity contribution in [2.24, 2.45) is 0 Å². The van der Waals surface area contributed by atoms with Crippen LogP contribution < -0.4 is 4.74 Å². The van der Waals surface area contributed by atoms with Crippen molar-refractivity contribution in [2.75, 3.05) is 7.05 Å². The molecule has 0 saturated heterocycles. The Kier molecular flexibility index (Phi) is 6.09. The monoisotopic (exact) mass is 379 g/mol. The SMILES string of the molecule is CC(C)c1ccccc1O[C@H](C)C(=O)N(C)Cc1nc(-c2ccccc2)no1. The molecule has 0 aliphatic rings. The largest absolute Gasteiger partial charge is 0.481 e. The van der Waals surface area contributed by atoms with Gasteiger partial charge in [-0.15, -0.1) is 0 Å². The van der Waals surface area contributed by atoms with E-state index in [0.29, 0.717) is 17.6 Å². The summed E-state index contributed by atoms with van der Waals surface area (Å²) in [5.74, 6) is 1.77. The maximum atomic E-state index is 12.7. The standard InChI is InChI=1S/C22H25N3O3/c1-15(2)18-12-8-9-13-19(18)27-16(3)22(26)25(4)14-20-23-21(24-28-20)17-10-6-5-7-11-17/h5-13,15-16H,14H2,1-4H3/t16-/m1/s1. The number of hydrogen-bond donors (Lipinski definition) is 0. The molecule has 0 spiro atoms. The Morgan fingerprint density at radius 1 is 1.07 bits per heavy atom. The summed E-state index contributed by atoms with van der Waals surface area (Å²) in [5, 5.41) is 3.99. The Balaban J connectivity index is 1.64. The molecule has 1 atom stereocenters. The summed E-state index contributed by atoms with van der Waals surface area (Å²) >= 11 is 0. The summed E-state index contributed by atoms with van der Waals surface area (Å²) in [6.07, 6.45) is -0.624. The number of benzene rings is 2. The van der Waals surface area contributed by atoms with Crippen LogP contribution in [0.5, 0.6) is 5.75 Å². The Morgan fingerprint density at radius 3 is 2.46 bits per heavy atom. The molecule has 146 valence electrons. The second kappa shape index (κ2) is 8.69. The minimum Gasteiger partial charge on any atom is -0.481 e. The lowest BCUT2D eigenvalue weighted by Gasteiger charge is -2.22. The van der Waals surface area contributed by atoms with Crippen LogP contribution >= 0.6 is 0 Å². The second-order valence-corrected chi connectivity index (χ2v) is 7.02. The van der Waals surface area contributed by atoms with Crippen LogP contribution in [0.1, 0.15) is 38.1 Å². The molecule has 0 aliphatic carbocycles. The summed E-state index contributed by atoms with van der Waals surface area (Å²) < 4.78 is 11.2. The maximum absolute atomic E-state index is 12.7. The van der Waals surface area contributed by atoms with Crippen LogP contribution in [0, 0.1) is 0 Å². The highest BCUT2D eigenvalue weighted by molar-refractivity contribution is 5.80. The molecule has 6 nitrogen and oxygen atoms in total. The smallest absolute Gasteiger partial charge is 0.263 e. The molecular weight excluding hydrogens is 354 g/mol. The number of nitrogens with zero attached hydrogens (tertiary/aromatic N) is 3. The van der Waals surface area contributed by atoms with Gasteiger partial charge in [0.25, 0.3) is 5.91 Å². The minimum atomic E-state index is -0.624. The highest BCUT2D eigenvalue weighted by Crippen LogP contribution is 2.27. The van der Waals surface area contributed by atoms with Crippen LogP contribution in [-0.4, -0.2) is 34.1 Å². The summed E-state index contributed by atoms with van der Waals surface area (Å²) in [6.45, 7) is 6.17. The molecule has 0 saturated carbocycles. The van der Waals surface area contributed by atoms with E-state index in [1.165, 1.54) is 4.90 Å². The lowest BCUT2D eigenvalue weighted by atomic mass is 10.0. The van der Waals surface area contributed by atoms with Gasteiger partial charge in [0.15, 0.2) is 6.10 Å². The van der Waals surface area contributed by atoms with Crippen molar-refractivity contribution in [3.05, 3.63) is 66.1 Å². The molecule has 0 bridgehead atoms. The molecule has 1 heterocycles. The predicted molar refractivity (Wildman–Crippen MR) is 107 cm³/mol. The quantitative estimate of drug-likeness (QED) is 0.613.